The van der Waals surface area contributed by atoms with E-state index in [9.17, 15) is 14.4 Å². The van der Waals surface area contributed by atoms with E-state index in [4.69, 9.17) is 15.3 Å². The summed E-state index contributed by atoms with van der Waals surface area (Å²) in [4.78, 5) is 33.0. The lowest BCUT2D eigenvalue weighted by molar-refractivity contribution is -0.929. The van der Waals surface area contributed by atoms with Crippen LogP contribution in [-0.2, 0) is 14.4 Å². The molecule has 34 heavy (non-hydrogen) atoms. The molecule has 0 aliphatic heterocycles. The molecule has 7 heteroatoms. The van der Waals surface area contributed by atoms with E-state index in [0.717, 1.165) is 32.2 Å². The highest BCUT2D eigenvalue weighted by Gasteiger charge is 2.27. The molecule has 3 N–H and O–H groups in total. The van der Waals surface area contributed by atoms with Gasteiger partial charge in [-0.1, -0.05) is 51.2 Å². The van der Waals surface area contributed by atoms with Crippen LogP contribution < -0.4 is 0 Å². The van der Waals surface area contributed by atoms with Crippen molar-refractivity contribution < 1.29 is 34.2 Å². The fraction of sp³-hybridized carbons (Fsp3) is 0.815. The molecule has 0 saturated heterocycles. The minimum absolute atomic E-state index is 0.0873. The number of hydrogen-bond donors (Lipinski definition) is 3. The van der Waals surface area contributed by atoms with E-state index in [2.05, 4.69) is 19.1 Å². The highest BCUT2D eigenvalue weighted by atomic mass is 16.4. The fourth-order valence-corrected chi connectivity index (χ4v) is 4.53. The second kappa shape index (κ2) is 21.6. The van der Waals surface area contributed by atoms with Crippen molar-refractivity contribution >= 4 is 17.9 Å². The third kappa shape index (κ3) is 20.7. The summed E-state index contributed by atoms with van der Waals surface area (Å²) in [6, 6.07) is 0. The summed E-state index contributed by atoms with van der Waals surface area (Å²) in [5, 5.41) is 27.1. The number of carbonyl (C=O) groups is 3. The molecule has 0 radical (unpaired) electrons. The lowest BCUT2D eigenvalue weighted by atomic mass is 10.1. The Morgan fingerprint density at radius 3 is 1.29 bits per heavy atom. The molecule has 198 valence electrons. The van der Waals surface area contributed by atoms with Crippen LogP contribution in [0.5, 0.6) is 0 Å². The third-order valence-corrected chi connectivity index (χ3v) is 6.46. The lowest BCUT2D eigenvalue weighted by Crippen LogP contribution is -2.51. The normalized spacial score (nSPS) is 11.8. The van der Waals surface area contributed by atoms with Gasteiger partial charge >= 0.3 is 17.9 Å². The van der Waals surface area contributed by atoms with Gasteiger partial charge in [0.05, 0.1) is 45.4 Å². The minimum atomic E-state index is -0.829. The van der Waals surface area contributed by atoms with Gasteiger partial charge in [-0.15, -0.1) is 0 Å². The monoisotopic (exact) mass is 484 g/mol. The molecule has 0 atom stereocenters. The Kier molecular flexibility index (Phi) is 20.4. The molecular formula is C27H50NO6+. The minimum Gasteiger partial charge on any atom is -0.481 e. The van der Waals surface area contributed by atoms with Gasteiger partial charge in [0.25, 0.3) is 0 Å². The first kappa shape index (κ1) is 32.1. The Morgan fingerprint density at radius 2 is 0.882 bits per heavy atom. The Morgan fingerprint density at radius 1 is 0.529 bits per heavy atom. The summed E-state index contributed by atoms with van der Waals surface area (Å²) >= 11 is 0. The van der Waals surface area contributed by atoms with Crippen LogP contribution in [0, 0.1) is 0 Å². The fourth-order valence-electron chi connectivity index (χ4n) is 4.53. The summed E-state index contributed by atoms with van der Waals surface area (Å²) in [7, 11) is 0. The molecule has 0 saturated carbocycles. The molecular weight excluding hydrogens is 434 g/mol. The topological polar surface area (TPSA) is 112 Å². The standard InChI is InChI=1S/C27H49NO6/c1-2-3-4-5-6-7-8-9-10-11-12-13-14-21-28(22-15-18-25(29)30,23-16-19-26(31)32)24-17-20-27(33)34/h7-8H,2-6,9-24H2,1H3,(H2-,29,30,31,32,33,34)/p+1/b8-7+. The van der Waals surface area contributed by atoms with Gasteiger partial charge < -0.3 is 19.8 Å². The molecule has 0 rings (SSSR count). The van der Waals surface area contributed by atoms with Crippen molar-refractivity contribution in [3.8, 4) is 0 Å². The maximum absolute atomic E-state index is 11.0. The summed E-state index contributed by atoms with van der Waals surface area (Å²) < 4.78 is 0.634. The van der Waals surface area contributed by atoms with Gasteiger partial charge in [0.1, 0.15) is 0 Å². The largest absolute Gasteiger partial charge is 0.481 e. The summed E-state index contributed by atoms with van der Waals surface area (Å²) in [5.74, 6) is -2.49. The van der Waals surface area contributed by atoms with Crippen LogP contribution in [0.3, 0.4) is 0 Å². The number of hydrogen-bond acceptors (Lipinski definition) is 3. The highest BCUT2D eigenvalue weighted by molar-refractivity contribution is 5.67. The van der Waals surface area contributed by atoms with Crippen molar-refractivity contribution in [3.05, 3.63) is 12.2 Å². The van der Waals surface area contributed by atoms with Crippen LogP contribution in [-0.4, -0.2) is 63.9 Å². The zero-order valence-electron chi connectivity index (χ0n) is 21.5. The van der Waals surface area contributed by atoms with Gasteiger partial charge in [-0.2, -0.15) is 0 Å². The average molecular weight is 485 g/mol. The van der Waals surface area contributed by atoms with E-state index >= 15 is 0 Å². The van der Waals surface area contributed by atoms with Crippen molar-refractivity contribution in [2.75, 3.05) is 26.2 Å². The number of carboxylic acids is 3. The Labute approximate surface area is 206 Å². The van der Waals surface area contributed by atoms with E-state index in [-0.39, 0.29) is 19.3 Å². The smallest absolute Gasteiger partial charge is 0.303 e. The van der Waals surface area contributed by atoms with Gasteiger partial charge in [-0.05, 0) is 38.5 Å². The van der Waals surface area contributed by atoms with E-state index in [1.54, 1.807) is 0 Å². The molecule has 0 aliphatic rings. The summed E-state index contributed by atoms with van der Waals surface area (Å²) in [5.41, 5.74) is 0. The lowest BCUT2D eigenvalue weighted by Gasteiger charge is -2.39. The second-order valence-corrected chi connectivity index (χ2v) is 9.61. The van der Waals surface area contributed by atoms with Crippen molar-refractivity contribution in [1.82, 2.24) is 0 Å². The Balaban J connectivity index is 4.49. The summed E-state index contributed by atoms with van der Waals surface area (Å²) in [6.07, 6.45) is 19.6. The zero-order valence-corrected chi connectivity index (χ0v) is 21.5. The van der Waals surface area contributed by atoms with Crippen molar-refractivity contribution in [1.29, 1.82) is 0 Å². The molecule has 7 nitrogen and oxygen atoms in total. The van der Waals surface area contributed by atoms with Crippen molar-refractivity contribution in [2.24, 2.45) is 0 Å². The molecule has 0 aromatic carbocycles. The van der Waals surface area contributed by atoms with Crippen LogP contribution in [0.2, 0.25) is 0 Å². The van der Waals surface area contributed by atoms with E-state index in [1.165, 1.54) is 44.9 Å². The molecule has 0 amide bonds. The first-order valence-electron chi connectivity index (χ1n) is 13.5. The number of allylic oxidation sites excluding steroid dienone is 2. The van der Waals surface area contributed by atoms with Gasteiger partial charge in [0, 0.05) is 19.3 Å². The highest BCUT2D eigenvalue weighted by Crippen LogP contribution is 2.18. The predicted octanol–water partition coefficient (Wildman–Crippen LogP) is 6.26. The first-order chi connectivity index (χ1) is 16.3. The van der Waals surface area contributed by atoms with Crippen LogP contribution in [0.15, 0.2) is 12.2 Å². The molecule has 0 aliphatic carbocycles. The van der Waals surface area contributed by atoms with Crippen LogP contribution in [0.25, 0.3) is 0 Å². The van der Waals surface area contributed by atoms with Crippen molar-refractivity contribution in [3.63, 3.8) is 0 Å². The maximum Gasteiger partial charge on any atom is 0.303 e. The number of aliphatic carboxylic acids is 3. The van der Waals surface area contributed by atoms with Gasteiger partial charge in [0.2, 0.25) is 0 Å². The molecule has 0 unspecified atom stereocenters. The Hall–Kier alpha value is -1.89. The first-order valence-corrected chi connectivity index (χ1v) is 13.5. The second-order valence-electron chi connectivity index (χ2n) is 9.61. The van der Waals surface area contributed by atoms with Crippen LogP contribution >= 0.6 is 0 Å². The molecule has 0 aromatic rings. The van der Waals surface area contributed by atoms with Crippen molar-refractivity contribution in [2.45, 2.75) is 116 Å². The molecule has 0 bridgehead atoms. The SMILES string of the molecule is CCCCCC/C=C/CCCCCCC[N+](CCCC(=O)O)(CCCC(=O)O)CCCC(=O)O. The summed E-state index contributed by atoms with van der Waals surface area (Å²) in [6.45, 7) is 5.07. The number of rotatable bonds is 25. The van der Waals surface area contributed by atoms with E-state index in [0.29, 0.717) is 43.4 Å². The van der Waals surface area contributed by atoms with E-state index < -0.39 is 17.9 Å². The molecule has 0 fully saturated rings. The van der Waals surface area contributed by atoms with Gasteiger partial charge in [-0.3, -0.25) is 14.4 Å². The number of unbranched alkanes of at least 4 members (excludes halogenated alkanes) is 9. The maximum atomic E-state index is 11.0. The van der Waals surface area contributed by atoms with E-state index in [1.807, 2.05) is 0 Å². The predicted molar refractivity (Wildman–Crippen MR) is 136 cm³/mol. The zero-order chi connectivity index (χ0) is 25.5. The quantitative estimate of drug-likeness (QED) is 0.0800. The van der Waals surface area contributed by atoms with Crippen LogP contribution in [0.1, 0.15) is 116 Å². The number of carboxylic acid groups (broad SMARTS) is 3. The molecule has 0 spiro atoms. The third-order valence-electron chi connectivity index (χ3n) is 6.46. The van der Waals surface area contributed by atoms with Gasteiger partial charge in [0.15, 0.2) is 0 Å². The van der Waals surface area contributed by atoms with Crippen LogP contribution in [0.4, 0.5) is 0 Å². The number of quaternary nitrogens is 1. The van der Waals surface area contributed by atoms with Gasteiger partial charge in [-0.25, -0.2) is 0 Å². The number of nitrogens with zero attached hydrogens (tertiary/aromatic N) is 1. The Bertz CT molecular complexity index is 525. The molecule has 0 heterocycles. The average Bonchev–Trinajstić information content (AvgIpc) is 2.76. The molecule has 0 aromatic heterocycles.